The van der Waals surface area contributed by atoms with E-state index < -0.39 is 10.8 Å². The zero-order valence-electron chi connectivity index (χ0n) is 11.6. The monoisotopic (exact) mass is 273 g/mol. The van der Waals surface area contributed by atoms with E-state index in [2.05, 4.69) is 26.0 Å². The number of nitrogen functional groups attached to an aromatic ring is 1. The van der Waals surface area contributed by atoms with E-state index in [1.54, 1.807) is 6.07 Å². The topological polar surface area (TPSA) is 43.1 Å². The average Bonchev–Trinajstić information content (AvgIpc) is 2.33. The Bertz CT molecular complexity index is 635. The lowest BCUT2D eigenvalue weighted by Crippen LogP contribution is -2.00. The minimum Gasteiger partial charge on any atom is -0.399 e. The van der Waals surface area contributed by atoms with E-state index in [-0.39, 0.29) is 0 Å². The Morgan fingerprint density at radius 3 is 2.32 bits per heavy atom. The third-order valence-electron chi connectivity index (χ3n) is 3.31. The molecule has 100 valence electrons. The van der Waals surface area contributed by atoms with Crippen molar-refractivity contribution < 1.29 is 4.21 Å². The fourth-order valence-electron chi connectivity index (χ4n) is 2.05. The quantitative estimate of drug-likeness (QED) is 0.870. The molecule has 0 saturated heterocycles. The molecule has 3 heteroatoms. The molecule has 0 radical (unpaired) electrons. The van der Waals surface area contributed by atoms with Crippen LogP contribution in [0.15, 0.2) is 41.3 Å². The molecule has 2 N–H and O–H groups in total. The van der Waals surface area contributed by atoms with Crippen LogP contribution in [0.5, 0.6) is 0 Å². The van der Waals surface area contributed by atoms with Crippen LogP contribution in [0.25, 0.3) is 0 Å². The highest BCUT2D eigenvalue weighted by Crippen LogP contribution is 2.20. The first-order valence-corrected chi connectivity index (χ1v) is 7.60. The number of benzene rings is 2. The van der Waals surface area contributed by atoms with E-state index in [9.17, 15) is 4.21 Å². The van der Waals surface area contributed by atoms with E-state index in [0.717, 1.165) is 16.0 Å². The maximum Gasteiger partial charge on any atom is 0.0576 e. The number of nitrogens with two attached hydrogens (primary N) is 1. The van der Waals surface area contributed by atoms with Gasteiger partial charge >= 0.3 is 0 Å². The molecule has 0 saturated carbocycles. The molecule has 0 heterocycles. The first-order chi connectivity index (χ1) is 8.97. The van der Waals surface area contributed by atoms with Crippen molar-refractivity contribution in [2.24, 2.45) is 0 Å². The summed E-state index contributed by atoms with van der Waals surface area (Å²) in [5.74, 6) is 0.547. The molecule has 0 aromatic heterocycles. The van der Waals surface area contributed by atoms with E-state index in [1.807, 2.05) is 25.1 Å². The molecular weight excluding hydrogens is 254 g/mol. The maximum atomic E-state index is 12.4. The summed E-state index contributed by atoms with van der Waals surface area (Å²) in [7, 11) is -1.02. The highest BCUT2D eigenvalue weighted by molar-refractivity contribution is 7.84. The van der Waals surface area contributed by atoms with E-state index in [1.165, 1.54) is 11.1 Å². The van der Waals surface area contributed by atoms with Crippen LogP contribution < -0.4 is 5.73 Å². The molecule has 2 rings (SSSR count). The van der Waals surface area contributed by atoms with Gasteiger partial charge in [0.15, 0.2) is 0 Å². The molecule has 19 heavy (non-hydrogen) atoms. The average molecular weight is 273 g/mol. The Balaban J connectivity index is 2.23. The Morgan fingerprint density at radius 1 is 0.947 bits per heavy atom. The fraction of sp³-hybridized carbons (Fsp3) is 0.250. The van der Waals surface area contributed by atoms with Gasteiger partial charge in [-0.2, -0.15) is 0 Å². The van der Waals surface area contributed by atoms with Gasteiger partial charge in [-0.1, -0.05) is 18.2 Å². The van der Waals surface area contributed by atoms with Crippen molar-refractivity contribution in [3.63, 3.8) is 0 Å². The molecule has 2 aromatic rings. The lowest BCUT2D eigenvalue weighted by molar-refractivity contribution is 0.682. The van der Waals surface area contributed by atoms with Crippen LogP contribution >= 0.6 is 0 Å². The lowest BCUT2D eigenvalue weighted by Gasteiger charge is -2.08. The summed E-state index contributed by atoms with van der Waals surface area (Å²) >= 11 is 0. The van der Waals surface area contributed by atoms with Crippen LogP contribution in [-0.4, -0.2) is 4.21 Å². The molecule has 0 aliphatic carbocycles. The predicted molar refractivity (Wildman–Crippen MR) is 81.6 cm³/mol. The summed E-state index contributed by atoms with van der Waals surface area (Å²) < 4.78 is 12.4. The number of hydrogen-bond acceptors (Lipinski definition) is 2. The van der Waals surface area contributed by atoms with Gasteiger partial charge in [0.05, 0.1) is 16.6 Å². The molecule has 2 nitrogen and oxygen atoms in total. The van der Waals surface area contributed by atoms with Gasteiger partial charge in [0.25, 0.3) is 0 Å². The van der Waals surface area contributed by atoms with Gasteiger partial charge in [-0.15, -0.1) is 0 Å². The lowest BCUT2D eigenvalue weighted by atomic mass is 10.1. The van der Waals surface area contributed by atoms with Crippen LogP contribution in [0.4, 0.5) is 5.69 Å². The minimum absolute atomic E-state index is 0.547. The van der Waals surface area contributed by atoms with Crippen LogP contribution in [-0.2, 0) is 16.6 Å². The zero-order valence-corrected chi connectivity index (χ0v) is 12.4. The molecule has 1 unspecified atom stereocenters. The summed E-state index contributed by atoms with van der Waals surface area (Å²) in [6.07, 6.45) is 0. The molecule has 0 amide bonds. The van der Waals surface area contributed by atoms with Crippen LogP contribution in [0.2, 0.25) is 0 Å². The zero-order chi connectivity index (χ0) is 14.0. The largest absolute Gasteiger partial charge is 0.399 e. The Labute approximate surface area is 117 Å². The van der Waals surface area contributed by atoms with E-state index >= 15 is 0 Å². The summed E-state index contributed by atoms with van der Waals surface area (Å²) in [6.45, 7) is 6.11. The Morgan fingerprint density at radius 2 is 1.68 bits per heavy atom. The van der Waals surface area contributed by atoms with Crippen molar-refractivity contribution in [2.75, 3.05) is 5.73 Å². The van der Waals surface area contributed by atoms with Gasteiger partial charge in [-0.25, -0.2) is 0 Å². The summed E-state index contributed by atoms with van der Waals surface area (Å²) in [5.41, 5.74) is 11.0. The molecule has 1 atom stereocenters. The summed E-state index contributed by atoms with van der Waals surface area (Å²) in [4.78, 5) is 0.868. The van der Waals surface area contributed by atoms with Crippen molar-refractivity contribution in [1.29, 1.82) is 0 Å². The molecular formula is C16H19NOS. The second kappa shape index (κ2) is 5.57. The molecule has 0 aliphatic heterocycles. The number of aryl methyl sites for hydroxylation is 3. The van der Waals surface area contributed by atoms with Crippen molar-refractivity contribution >= 4 is 16.5 Å². The summed E-state index contributed by atoms with van der Waals surface area (Å²) in [6, 6.07) is 11.8. The predicted octanol–water partition coefficient (Wildman–Crippen LogP) is 3.50. The molecule has 0 spiro atoms. The Kier molecular flexibility index (Phi) is 4.05. The van der Waals surface area contributed by atoms with E-state index in [4.69, 9.17) is 5.73 Å². The van der Waals surface area contributed by atoms with Crippen LogP contribution in [0.3, 0.4) is 0 Å². The van der Waals surface area contributed by atoms with Crippen molar-refractivity contribution in [2.45, 2.75) is 31.4 Å². The van der Waals surface area contributed by atoms with Gasteiger partial charge in [-0.3, -0.25) is 4.21 Å². The van der Waals surface area contributed by atoms with Crippen molar-refractivity contribution in [3.05, 3.63) is 58.7 Å². The van der Waals surface area contributed by atoms with Gasteiger partial charge in [0.1, 0.15) is 0 Å². The second-order valence-electron chi connectivity index (χ2n) is 4.93. The highest BCUT2D eigenvalue weighted by Gasteiger charge is 2.09. The number of anilines is 1. The number of rotatable bonds is 3. The van der Waals surface area contributed by atoms with E-state index in [0.29, 0.717) is 11.4 Å². The van der Waals surface area contributed by atoms with Crippen molar-refractivity contribution in [3.8, 4) is 0 Å². The molecule has 0 aliphatic rings. The first-order valence-electron chi connectivity index (χ1n) is 6.28. The first kappa shape index (κ1) is 13.8. The van der Waals surface area contributed by atoms with Gasteiger partial charge < -0.3 is 5.73 Å². The SMILES string of the molecule is Cc1ccc(CS(=O)c2ccc(N)cc2C)cc1C. The third kappa shape index (κ3) is 3.24. The Hall–Kier alpha value is -1.61. The molecule has 0 bridgehead atoms. The summed E-state index contributed by atoms with van der Waals surface area (Å²) in [5, 5.41) is 0. The normalized spacial score (nSPS) is 12.4. The minimum atomic E-state index is -1.02. The maximum absolute atomic E-state index is 12.4. The second-order valence-corrected chi connectivity index (χ2v) is 6.35. The standard InChI is InChI=1S/C16H19NOS/c1-11-4-5-14(8-12(11)2)10-19(18)16-7-6-15(17)9-13(16)3/h4-9H,10,17H2,1-3H3. The molecule has 2 aromatic carbocycles. The van der Waals surface area contributed by atoms with Crippen molar-refractivity contribution in [1.82, 2.24) is 0 Å². The fourth-order valence-corrected chi connectivity index (χ4v) is 3.33. The highest BCUT2D eigenvalue weighted by atomic mass is 32.2. The van der Waals surface area contributed by atoms with Crippen LogP contribution in [0.1, 0.15) is 22.3 Å². The smallest absolute Gasteiger partial charge is 0.0576 e. The van der Waals surface area contributed by atoms with Gasteiger partial charge in [-0.05, 0) is 61.2 Å². The number of hydrogen-bond donors (Lipinski definition) is 1. The van der Waals surface area contributed by atoms with Gasteiger partial charge in [0, 0.05) is 10.6 Å². The third-order valence-corrected chi connectivity index (χ3v) is 4.86. The van der Waals surface area contributed by atoms with Crippen LogP contribution in [0, 0.1) is 20.8 Å². The molecule has 0 fully saturated rings. The van der Waals surface area contributed by atoms with Gasteiger partial charge in [0.2, 0.25) is 0 Å².